The number of carbonyl (C=O) groups excluding carboxylic acids is 1. The van der Waals surface area contributed by atoms with Gasteiger partial charge in [-0.05, 0) is 25.5 Å². The first-order valence-electron chi connectivity index (χ1n) is 7.14. The van der Waals surface area contributed by atoms with Crippen LogP contribution in [0.25, 0.3) is 11.5 Å². The molecule has 0 bridgehead atoms. The average molecular weight is 288 g/mol. The van der Waals surface area contributed by atoms with Crippen molar-refractivity contribution in [3.63, 3.8) is 0 Å². The normalized spacial score (nSPS) is 10.5. The van der Waals surface area contributed by atoms with Gasteiger partial charge in [0.25, 0.3) is 0 Å². The maximum Gasteiger partial charge on any atom is 0.226 e. The fourth-order valence-corrected chi connectivity index (χ4v) is 1.87. The quantitative estimate of drug-likeness (QED) is 0.758. The van der Waals surface area contributed by atoms with Crippen LogP contribution in [-0.2, 0) is 16.0 Å². The van der Waals surface area contributed by atoms with E-state index in [4.69, 9.17) is 9.15 Å². The third-order valence-corrected chi connectivity index (χ3v) is 2.91. The van der Waals surface area contributed by atoms with E-state index in [-0.39, 0.29) is 12.3 Å². The monoisotopic (exact) mass is 288 g/mol. The first-order chi connectivity index (χ1) is 10.3. The summed E-state index contributed by atoms with van der Waals surface area (Å²) in [6, 6.07) is 9.62. The molecule has 2 rings (SSSR count). The van der Waals surface area contributed by atoms with Crippen LogP contribution in [0.2, 0.25) is 0 Å². The third kappa shape index (κ3) is 5.04. The van der Waals surface area contributed by atoms with Crippen molar-refractivity contribution in [2.45, 2.75) is 19.8 Å². The Hall–Kier alpha value is -2.14. The van der Waals surface area contributed by atoms with Gasteiger partial charge in [-0.25, -0.2) is 4.98 Å². The minimum Gasteiger partial charge on any atom is -0.444 e. The van der Waals surface area contributed by atoms with E-state index in [9.17, 15) is 4.79 Å². The van der Waals surface area contributed by atoms with Gasteiger partial charge < -0.3 is 14.5 Å². The maximum absolute atomic E-state index is 11.8. The van der Waals surface area contributed by atoms with Crippen molar-refractivity contribution in [1.29, 1.82) is 0 Å². The van der Waals surface area contributed by atoms with Crippen molar-refractivity contribution in [3.8, 4) is 11.5 Å². The van der Waals surface area contributed by atoms with Crippen LogP contribution >= 0.6 is 0 Å². The van der Waals surface area contributed by atoms with Crippen LogP contribution in [0.3, 0.4) is 0 Å². The molecular weight excluding hydrogens is 268 g/mol. The molecule has 5 nitrogen and oxygen atoms in total. The standard InChI is InChI=1S/C16H20N2O3/c1-2-20-10-6-9-17-15(19)11-14-12-21-16(18-14)13-7-4-3-5-8-13/h3-5,7-8,12H,2,6,9-11H2,1H3,(H,17,19). The average Bonchev–Trinajstić information content (AvgIpc) is 2.96. The van der Waals surface area contributed by atoms with E-state index in [1.807, 2.05) is 37.3 Å². The van der Waals surface area contributed by atoms with Gasteiger partial charge in [0.1, 0.15) is 6.26 Å². The minimum atomic E-state index is -0.0561. The topological polar surface area (TPSA) is 64.4 Å². The van der Waals surface area contributed by atoms with E-state index in [2.05, 4.69) is 10.3 Å². The zero-order valence-corrected chi connectivity index (χ0v) is 12.2. The Morgan fingerprint density at radius 3 is 2.90 bits per heavy atom. The third-order valence-electron chi connectivity index (χ3n) is 2.91. The Bertz CT molecular complexity index is 552. The molecule has 1 amide bonds. The molecule has 0 aliphatic carbocycles. The van der Waals surface area contributed by atoms with E-state index in [0.717, 1.165) is 12.0 Å². The van der Waals surface area contributed by atoms with E-state index in [0.29, 0.717) is 31.3 Å². The van der Waals surface area contributed by atoms with Gasteiger partial charge >= 0.3 is 0 Å². The second-order valence-electron chi connectivity index (χ2n) is 4.59. The summed E-state index contributed by atoms with van der Waals surface area (Å²) in [4.78, 5) is 16.1. The molecule has 1 aromatic carbocycles. The summed E-state index contributed by atoms with van der Waals surface area (Å²) >= 11 is 0. The molecule has 2 aromatic rings. The lowest BCUT2D eigenvalue weighted by Crippen LogP contribution is -2.26. The molecule has 1 aromatic heterocycles. The fourth-order valence-electron chi connectivity index (χ4n) is 1.87. The molecule has 112 valence electrons. The van der Waals surface area contributed by atoms with E-state index < -0.39 is 0 Å². The molecule has 0 fully saturated rings. The molecule has 1 heterocycles. The Kier molecular flexibility index (Phi) is 5.97. The van der Waals surface area contributed by atoms with Crippen LogP contribution in [0.15, 0.2) is 41.0 Å². The molecule has 21 heavy (non-hydrogen) atoms. The number of nitrogens with one attached hydrogen (secondary N) is 1. The molecule has 1 N–H and O–H groups in total. The molecular formula is C16H20N2O3. The highest BCUT2D eigenvalue weighted by Gasteiger charge is 2.09. The first-order valence-corrected chi connectivity index (χ1v) is 7.14. The van der Waals surface area contributed by atoms with Crippen LogP contribution in [0.1, 0.15) is 19.0 Å². The number of rotatable bonds is 8. The molecule has 0 unspecified atom stereocenters. The van der Waals surface area contributed by atoms with Gasteiger partial charge in [-0.3, -0.25) is 4.79 Å². The van der Waals surface area contributed by atoms with Crippen LogP contribution in [-0.4, -0.2) is 30.6 Å². The first kappa shape index (κ1) is 15.3. The number of carbonyl (C=O) groups is 1. The Morgan fingerprint density at radius 1 is 1.33 bits per heavy atom. The second-order valence-corrected chi connectivity index (χ2v) is 4.59. The van der Waals surface area contributed by atoms with Gasteiger partial charge in [0.15, 0.2) is 0 Å². The lowest BCUT2D eigenvalue weighted by Gasteiger charge is -2.03. The summed E-state index contributed by atoms with van der Waals surface area (Å²) in [6.45, 7) is 3.93. The number of oxazole rings is 1. The zero-order chi connectivity index (χ0) is 14.9. The predicted molar refractivity (Wildman–Crippen MR) is 79.8 cm³/mol. The number of nitrogens with zero attached hydrogens (tertiary/aromatic N) is 1. The van der Waals surface area contributed by atoms with Crippen molar-refractivity contribution in [2.75, 3.05) is 19.8 Å². The number of hydrogen-bond acceptors (Lipinski definition) is 4. The number of aromatic nitrogens is 1. The van der Waals surface area contributed by atoms with Gasteiger partial charge in [-0.2, -0.15) is 0 Å². The molecule has 0 spiro atoms. The molecule has 0 saturated carbocycles. The zero-order valence-electron chi connectivity index (χ0n) is 12.2. The molecule has 0 saturated heterocycles. The van der Waals surface area contributed by atoms with E-state index >= 15 is 0 Å². The molecule has 0 aliphatic heterocycles. The highest BCUT2D eigenvalue weighted by molar-refractivity contribution is 5.78. The fraction of sp³-hybridized carbons (Fsp3) is 0.375. The smallest absolute Gasteiger partial charge is 0.226 e. The number of ether oxygens (including phenoxy) is 1. The predicted octanol–water partition coefficient (Wildman–Crippen LogP) is 2.43. The number of hydrogen-bond donors (Lipinski definition) is 1. The van der Waals surface area contributed by atoms with Gasteiger partial charge in [0.05, 0.1) is 12.1 Å². The summed E-state index contributed by atoms with van der Waals surface area (Å²) in [7, 11) is 0. The summed E-state index contributed by atoms with van der Waals surface area (Å²) in [5.41, 5.74) is 1.54. The van der Waals surface area contributed by atoms with Gasteiger partial charge in [0.2, 0.25) is 11.8 Å². The second kappa shape index (κ2) is 8.21. The van der Waals surface area contributed by atoms with Crippen molar-refractivity contribution in [3.05, 3.63) is 42.3 Å². The van der Waals surface area contributed by atoms with Crippen LogP contribution in [0.4, 0.5) is 0 Å². The molecule has 0 aliphatic rings. The Labute approximate surface area is 124 Å². The van der Waals surface area contributed by atoms with Crippen molar-refractivity contribution >= 4 is 5.91 Å². The SMILES string of the molecule is CCOCCCNC(=O)Cc1coc(-c2ccccc2)n1. The van der Waals surface area contributed by atoms with Crippen LogP contribution in [0, 0.1) is 0 Å². The Morgan fingerprint density at radius 2 is 2.14 bits per heavy atom. The lowest BCUT2D eigenvalue weighted by atomic mass is 10.2. The van der Waals surface area contributed by atoms with Crippen LogP contribution < -0.4 is 5.32 Å². The van der Waals surface area contributed by atoms with Gasteiger partial charge in [0, 0.05) is 25.3 Å². The van der Waals surface area contributed by atoms with Gasteiger partial charge in [-0.1, -0.05) is 18.2 Å². The van der Waals surface area contributed by atoms with E-state index in [1.165, 1.54) is 6.26 Å². The Balaban J connectivity index is 1.78. The van der Waals surface area contributed by atoms with Crippen molar-refractivity contribution in [1.82, 2.24) is 10.3 Å². The lowest BCUT2D eigenvalue weighted by molar-refractivity contribution is -0.120. The highest BCUT2D eigenvalue weighted by atomic mass is 16.5. The molecule has 5 heteroatoms. The van der Waals surface area contributed by atoms with Crippen LogP contribution in [0.5, 0.6) is 0 Å². The highest BCUT2D eigenvalue weighted by Crippen LogP contribution is 2.17. The van der Waals surface area contributed by atoms with Crippen molar-refractivity contribution in [2.24, 2.45) is 0 Å². The molecule has 0 radical (unpaired) electrons. The molecule has 0 atom stereocenters. The minimum absolute atomic E-state index is 0.0561. The maximum atomic E-state index is 11.8. The summed E-state index contributed by atoms with van der Waals surface area (Å²) in [5.74, 6) is 0.481. The largest absolute Gasteiger partial charge is 0.444 e. The number of amides is 1. The summed E-state index contributed by atoms with van der Waals surface area (Å²) in [6.07, 6.45) is 2.57. The summed E-state index contributed by atoms with van der Waals surface area (Å²) < 4.78 is 10.6. The van der Waals surface area contributed by atoms with E-state index in [1.54, 1.807) is 0 Å². The summed E-state index contributed by atoms with van der Waals surface area (Å²) in [5, 5.41) is 2.84. The number of benzene rings is 1. The van der Waals surface area contributed by atoms with Gasteiger partial charge in [-0.15, -0.1) is 0 Å². The van der Waals surface area contributed by atoms with Crippen molar-refractivity contribution < 1.29 is 13.9 Å².